The van der Waals surface area contributed by atoms with Crippen molar-refractivity contribution < 1.29 is 9.85 Å². The summed E-state index contributed by atoms with van der Waals surface area (Å²) in [6.07, 6.45) is 0.730. The smallest absolute Gasteiger partial charge is 0.300 e. The Morgan fingerprint density at radius 2 is 1.92 bits per heavy atom. The van der Waals surface area contributed by atoms with E-state index in [4.69, 9.17) is 11.6 Å². The highest BCUT2D eigenvalue weighted by molar-refractivity contribution is 6.30. The standard InChI is InChI=1S/C17H16ClN4O4/c18-13-4-1-3-12(9-13)10-19-14-7-8-20(11-14)17-15(21(23)24)5-2-6-16(17)22(25)26/h1,3-6,9,14,19H,7-8,10-11H2/t14-/m1/s1. The zero-order valence-electron chi connectivity index (χ0n) is 13.7. The summed E-state index contributed by atoms with van der Waals surface area (Å²) in [5, 5.41) is 26.6. The van der Waals surface area contributed by atoms with Gasteiger partial charge in [0.2, 0.25) is 0 Å². The molecule has 2 aromatic carbocycles. The molecule has 0 bridgehead atoms. The van der Waals surface area contributed by atoms with Crippen LogP contribution in [0.3, 0.4) is 0 Å². The molecule has 135 valence electrons. The second-order valence-corrected chi connectivity index (χ2v) is 6.47. The molecule has 0 aliphatic carbocycles. The molecule has 1 radical (unpaired) electrons. The van der Waals surface area contributed by atoms with Gasteiger partial charge in [0.1, 0.15) is 0 Å². The molecule has 1 aliphatic rings. The van der Waals surface area contributed by atoms with Crippen LogP contribution in [0.25, 0.3) is 0 Å². The van der Waals surface area contributed by atoms with E-state index < -0.39 is 9.85 Å². The van der Waals surface area contributed by atoms with Gasteiger partial charge in [-0.3, -0.25) is 20.2 Å². The van der Waals surface area contributed by atoms with Gasteiger partial charge in [0.15, 0.2) is 5.69 Å². The summed E-state index contributed by atoms with van der Waals surface area (Å²) in [5.74, 6) is 0. The molecular formula is C17H16ClN4O4. The van der Waals surface area contributed by atoms with Crippen molar-refractivity contribution in [3.8, 4) is 0 Å². The Bertz CT molecular complexity index is 813. The van der Waals surface area contributed by atoms with Gasteiger partial charge in [-0.15, -0.1) is 0 Å². The maximum Gasteiger partial charge on any atom is 0.300 e. The molecule has 0 amide bonds. The largest absolute Gasteiger partial charge is 0.359 e. The second-order valence-electron chi connectivity index (χ2n) is 6.03. The number of hydrogen-bond donors (Lipinski definition) is 1. The lowest BCUT2D eigenvalue weighted by Crippen LogP contribution is -2.32. The third kappa shape index (κ3) is 3.92. The zero-order valence-corrected chi connectivity index (χ0v) is 14.5. The zero-order chi connectivity index (χ0) is 18.7. The van der Waals surface area contributed by atoms with Crippen LogP contribution in [-0.2, 0) is 6.54 Å². The van der Waals surface area contributed by atoms with E-state index >= 15 is 0 Å². The highest BCUT2D eigenvalue weighted by atomic mass is 35.5. The lowest BCUT2D eigenvalue weighted by molar-refractivity contribution is -0.392. The Morgan fingerprint density at radius 3 is 2.54 bits per heavy atom. The van der Waals surface area contributed by atoms with E-state index in [-0.39, 0.29) is 23.1 Å². The van der Waals surface area contributed by atoms with Gasteiger partial charge in [-0.25, -0.2) is 0 Å². The summed E-state index contributed by atoms with van der Waals surface area (Å²) in [6.45, 7) is 1.55. The second kappa shape index (κ2) is 7.67. The monoisotopic (exact) mass is 375 g/mol. The maximum absolute atomic E-state index is 11.3. The Kier molecular flexibility index (Phi) is 5.34. The average Bonchev–Trinajstić information content (AvgIpc) is 3.08. The fraction of sp³-hybridized carbons (Fsp3) is 0.294. The number of rotatable bonds is 6. The minimum Gasteiger partial charge on any atom is -0.359 e. The normalized spacial score (nSPS) is 16.7. The number of hydrogen-bond acceptors (Lipinski definition) is 6. The van der Waals surface area contributed by atoms with E-state index in [9.17, 15) is 20.2 Å². The molecule has 1 atom stereocenters. The van der Waals surface area contributed by atoms with Gasteiger partial charge in [0, 0.05) is 42.8 Å². The van der Waals surface area contributed by atoms with Gasteiger partial charge >= 0.3 is 0 Å². The molecule has 2 aromatic rings. The number of nitro benzene ring substituents is 2. The highest BCUT2D eigenvalue weighted by Crippen LogP contribution is 2.38. The van der Waals surface area contributed by atoms with Gasteiger partial charge in [0.25, 0.3) is 11.4 Å². The van der Waals surface area contributed by atoms with Crippen LogP contribution in [0.4, 0.5) is 17.1 Å². The number of anilines is 1. The molecule has 3 rings (SSSR count). The van der Waals surface area contributed by atoms with Crippen LogP contribution in [0.5, 0.6) is 0 Å². The Morgan fingerprint density at radius 1 is 1.23 bits per heavy atom. The van der Waals surface area contributed by atoms with Crippen molar-refractivity contribution in [3.05, 3.63) is 73.3 Å². The van der Waals surface area contributed by atoms with Crippen molar-refractivity contribution in [3.63, 3.8) is 0 Å². The first-order valence-corrected chi connectivity index (χ1v) is 8.39. The predicted molar refractivity (Wildman–Crippen MR) is 97.5 cm³/mol. The summed E-state index contributed by atoms with van der Waals surface area (Å²) in [5.41, 5.74) is 0.484. The van der Waals surface area contributed by atoms with Gasteiger partial charge in [0.05, 0.1) is 9.85 Å². The van der Waals surface area contributed by atoms with Gasteiger partial charge in [-0.2, -0.15) is 0 Å². The van der Waals surface area contributed by atoms with E-state index in [2.05, 4.69) is 11.4 Å². The van der Waals surface area contributed by atoms with E-state index in [1.165, 1.54) is 12.1 Å². The Balaban J connectivity index is 1.74. The molecule has 0 aromatic heterocycles. The van der Waals surface area contributed by atoms with Crippen LogP contribution in [0.1, 0.15) is 12.0 Å². The fourth-order valence-corrected chi connectivity index (χ4v) is 3.32. The van der Waals surface area contributed by atoms with E-state index in [0.717, 1.165) is 12.0 Å². The average molecular weight is 376 g/mol. The van der Waals surface area contributed by atoms with Crippen LogP contribution in [-0.4, -0.2) is 29.0 Å². The number of halogens is 1. The summed E-state index contributed by atoms with van der Waals surface area (Å²) in [6, 6.07) is 12.4. The third-order valence-corrected chi connectivity index (χ3v) is 4.54. The van der Waals surface area contributed by atoms with Crippen LogP contribution < -0.4 is 10.2 Å². The summed E-state index contributed by atoms with van der Waals surface area (Å²) in [4.78, 5) is 23.1. The molecule has 9 heteroatoms. The first kappa shape index (κ1) is 18.1. The van der Waals surface area contributed by atoms with Crippen molar-refractivity contribution in [1.29, 1.82) is 0 Å². The SMILES string of the molecule is O=[N+]([O-])c1c[c]cc([N+](=O)[O-])c1N1CC[C@@H](NCc2cccc(Cl)c2)C1. The summed E-state index contributed by atoms with van der Waals surface area (Å²) >= 11 is 5.97. The number of nitrogens with zero attached hydrogens (tertiary/aromatic N) is 3. The van der Waals surface area contributed by atoms with Crippen LogP contribution in [0, 0.1) is 26.3 Å². The molecule has 0 spiro atoms. The van der Waals surface area contributed by atoms with Crippen molar-refractivity contribution >= 4 is 28.7 Å². The quantitative estimate of drug-likeness (QED) is 0.613. The maximum atomic E-state index is 11.3. The molecule has 0 unspecified atom stereocenters. The molecule has 8 nitrogen and oxygen atoms in total. The van der Waals surface area contributed by atoms with Crippen molar-refractivity contribution in [2.75, 3.05) is 18.0 Å². The topological polar surface area (TPSA) is 102 Å². The van der Waals surface area contributed by atoms with Crippen molar-refractivity contribution in [1.82, 2.24) is 5.32 Å². The molecule has 0 saturated carbocycles. The van der Waals surface area contributed by atoms with Crippen LogP contribution >= 0.6 is 11.6 Å². The fourth-order valence-electron chi connectivity index (χ4n) is 3.11. The summed E-state index contributed by atoms with van der Waals surface area (Å²) in [7, 11) is 0. The predicted octanol–water partition coefficient (Wildman–Crippen LogP) is 3.33. The van der Waals surface area contributed by atoms with E-state index in [1.54, 1.807) is 11.0 Å². The molecular weight excluding hydrogens is 360 g/mol. The van der Waals surface area contributed by atoms with Crippen molar-refractivity contribution in [2.45, 2.75) is 19.0 Å². The third-order valence-electron chi connectivity index (χ3n) is 4.31. The van der Waals surface area contributed by atoms with Gasteiger partial charge < -0.3 is 10.2 Å². The van der Waals surface area contributed by atoms with Crippen molar-refractivity contribution in [2.24, 2.45) is 0 Å². The summed E-state index contributed by atoms with van der Waals surface area (Å²) < 4.78 is 0. The number of nitro groups is 2. The molecule has 1 fully saturated rings. The molecule has 1 heterocycles. The first-order valence-electron chi connectivity index (χ1n) is 8.01. The first-order chi connectivity index (χ1) is 12.5. The van der Waals surface area contributed by atoms with Gasteiger partial charge in [-0.05, 0) is 30.2 Å². The number of nitrogens with one attached hydrogen (secondary N) is 1. The van der Waals surface area contributed by atoms with Gasteiger partial charge in [-0.1, -0.05) is 23.7 Å². The lowest BCUT2D eigenvalue weighted by Gasteiger charge is -2.19. The highest BCUT2D eigenvalue weighted by Gasteiger charge is 2.33. The molecule has 1 N–H and O–H groups in total. The minimum atomic E-state index is -0.606. The minimum absolute atomic E-state index is 0.0470. The van der Waals surface area contributed by atoms with E-state index in [0.29, 0.717) is 24.7 Å². The Hall–Kier alpha value is -2.71. The van der Waals surface area contributed by atoms with Crippen LogP contribution in [0.2, 0.25) is 5.02 Å². The van der Waals surface area contributed by atoms with Crippen LogP contribution in [0.15, 0.2) is 36.4 Å². The lowest BCUT2D eigenvalue weighted by atomic mass is 10.2. The molecule has 26 heavy (non-hydrogen) atoms. The Labute approximate surface area is 154 Å². The van der Waals surface area contributed by atoms with E-state index in [1.807, 2.05) is 18.2 Å². The molecule has 1 aliphatic heterocycles. The number of benzene rings is 2. The molecule has 1 saturated heterocycles.